The molecule has 0 saturated heterocycles. The van der Waals surface area contributed by atoms with Crippen molar-refractivity contribution in [2.75, 3.05) is 0 Å². The van der Waals surface area contributed by atoms with E-state index in [1.165, 1.54) is 23.5 Å². The number of carbonyl (C=O) groups excluding carboxylic acids is 1. The van der Waals surface area contributed by atoms with Crippen molar-refractivity contribution in [1.29, 1.82) is 0 Å². The number of rotatable bonds is 4. The lowest BCUT2D eigenvalue weighted by atomic mass is 10.1. The van der Waals surface area contributed by atoms with E-state index in [1.807, 2.05) is 5.38 Å². The van der Waals surface area contributed by atoms with Gasteiger partial charge in [-0.2, -0.15) is 5.10 Å². The quantitative estimate of drug-likeness (QED) is 0.799. The molecule has 0 aliphatic heterocycles. The third-order valence-electron chi connectivity index (χ3n) is 3.52. The first kappa shape index (κ1) is 15.4. The van der Waals surface area contributed by atoms with Crippen LogP contribution in [0.3, 0.4) is 0 Å². The highest BCUT2D eigenvalue weighted by Gasteiger charge is 2.12. The minimum absolute atomic E-state index is 0.157. The fourth-order valence-corrected chi connectivity index (χ4v) is 3.02. The molecule has 1 atom stereocenters. The van der Waals surface area contributed by atoms with Crippen LogP contribution >= 0.6 is 11.3 Å². The Bertz CT molecular complexity index is 902. The summed E-state index contributed by atoms with van der Waals surface area (Å²) in [4.78, 5) is 24.3. The van der Waals surface area contributed by atoms with Crippen molar-refractivity contribution in [2.45, 2.75) is 19.5 Å². The maximum Gasteiger partial charge on any atom is 0.275 e. The lowest BCUT2D eigenvalue weighted by Crippen LogP contribution is -2.34. The van der Waals surface area contributed by atoms with E-state index in [1.54, 1.807) is 31.3 Å². The molecule has 1 amide bonds. The maximum absolute atomic E-state index is 12.9. The molecule has 2 aromatic heterocycles. The second-order valence-electron chi connectivity index (χ2n) is 5.15. The second-order valence-corrected chi connectivity index (χ2v) is 6.09. The van der Waals surface area contributed by atoms with Gasteiger partial charge in [0.2, 0.25) is 5.91 Å². The summed E-state index contributed by atoms with van der Waals surface area (Å²) in [5.41, 5.74) is 0.502. The SMILES string of the molecule is C[C@H](NC(=O)Cn1ncc2sccc2c1=O)c1ccc(F)cc1. The molecule has 0 aliphatic carbocycles. The summed E-state index contributed by atoms with van der Waals surface area (Å²) in [6.07, 6.45) is 1.58. The average molecular weight is 331 g/mol. The van der Waals surface area contributed by atoms with E-state index < -0.39 is 0 Å². The summed E-state index contributed by atoms with van der Waals surface area (Å²) < 4.78 is 14.9. The largest absolute Gasteiger partial charge is 0.348 e. The number of nitrogens with zero attached hydrogens (tertiary/aromatic N) is 2. The number of benzene rings is 1. The molecule has 0 aliphatic rings. The van der Waals surface area contributed by atoms with Crippen LogP contribution in [-0.2, 0) is 11.3 Å². The lowest BCUT2D eigenvalue weighted by molar-refractivity contribution is -0.122. The normalized spacial score (nSPS) is 12.3. The Balaban J connectivity index is 1.72. The van der Waals surface area contributed by atoms with E-state index in [0.29, 0.717) is 5.39 Å². The van der Waals surface area contributed by atoms with Gasteiger partial charge in [0, 0.05) is 0 Å². The van der Waals surface area contributed by atoms with E-state index in [4.69, 9.17) is 0 Å². The van der Waals surface area contributed by atoms with Crippen molar-refractivity contribution in [1.82, 2.24) is 15.1 Å². The smallest absolute Gasteiger partial charge is 0.275 e. The predicted molar refractivity (Wildman–Crippen MR) is 86.8 cm³/mol. The Morgan fingerprint density at radius 3 is 2.83 bits per heavy atom. The number of hydrogen-bond acceptors (Lipinski definition) is 4. The number of carbonyl (C=O) groups is 1. The van der Waals surface area contributed by atoms with Crippen LogP contribution in [0.15, 0.2) is 46.7 Å². The minimum Gasteiger partial charge on any atom is -0.348 e. The molecule has 0 unspecified atom stereocenters. The molecule has 2 heterocycles. The number of halogens is 1. The summed E-state index contributed by atoms with van der Waals surface area (Å²) in [7, 11) is 0. The fraction of sp³-hybridized carbons (Fsp3) is 0.188. The molecule has 0 bridgehead atoms. The van der Waals surface area contributed by atoms with E-state index in [-0.39, 0.29) is 29.9 Å². The van der Waals surface area contributed by atoms with Gasteiger partial charge >= 0.3 is 0 Å². The number of aromatic nitrogens is 2. The van der Waals surface area contributed by atoms with Gasteiger partial charge in [0.15, 0.2) is 0 Å². The van der Waals surface area contributed by atoms with Crippen molar-refractivity contribution in [3.63, 3.8) is 0 Å². The van der Waals surface area contributed by atoms with Crippen molar-refractivity contribution in [2.24, 2.45) is 0 Å². The van der Waals surface area contributed by atoms with Crippen molar-refractivity contribution >= 4 is 27.3 Å². The van der Waals surface area contributed by atoms with Crippen molar-refractivity contribution in [3.05, 3.63) is 63.6 Å². The van der Waals surface area contributed by atoms with Gasteiger partial charge in [-0.05, 0) is 36.1 Å². The number of nitrogens with one attached hydrogen (secondary N) is 1. The average Bonchev–Trinajstić information content (AvgIpc) is 3.00. The van der Waals surface area contributed by atoms with Crippen LogP contribution in [-0.4, -0.2) is 15.7 Å². The topological polar surface area (TPSA) is 64.0 Å². The molecular weight excluding hydrogens is 317 g/mol. The zero-order valence-electron chi connectivity index (χ0n) is 12.3. The third-order valence-corrected chi connectivity index (χ3v) is 4.37. The maximum atomic E-state index is 12.9. The summed E-state index contributed by atoms with van der Waals surface area (Å²) in [6.45, 7) is 1.64. The molecule has 1 N–H and O–H groups in total. The van der Waals surface area contributed by atoms with Crippen LogP contribution in [0.2, 0.25) is 0 Å². The van der Waals surface area contributed by atoms with Crippen LogP contribution in [0.1, 0.15) is 18.5 Å². The molecule has 5 nitrogen and oxygen atoms in total. The fourth-order valence-electron chi connectivity index (χ4n) is 2.28. The monoisotopic (exact) mass is 331 g/mol. The zero-order valence-corrected chi connectivity index (χ0v) is 13.1. The Hall–Kier alpha value is -2.54. The molecule has 0 saturated carbocycles. The van der Waals surface area contributed by atoms with Gasteiger partial charge in [-0.1, -0.05) is 12.1 Å². The molecule has 7 heteroatoms. The molecule has 3 aromatic rings. The van der Waals surface area contributed by atoms with E-state index >= 15 is 0 Å². The molecule has 118 valence electrons. The summed E-state index contributed by atoms with van der Waals surface area (Å²) in [5.74, 6) is -0.655. The van der Waals surface area contributed by atoms with Crippen LogP contribution in [0.25, 0.3) is 10.1 Å². The summed E-state index contributed by atoms with van der Waals surface area (Å²) in [6, 6.07) is 7.34. The Kier molecular flexibility index (Phi) is 4.20. The van der Waals surface area contributed by atoms with Crippen LogP contribution in [0.4, 0.5) is 4.39 Å². The number of hydrogen-bond donors (Lipinski definition) is 1. The van der Waals surface area contributed by atoms with Gasteiger partial charge < -0.3 is 5.32 Å². The lowest BCUT2D eigenvalue weighted by Gasteiger charge is -2.14. The highest BCUT2D eigenvalue weighted by Crippen LogP contribution is 2.15. The molecule has 23 heavy (non-hydrogen) atoms. The second kappa shape index (κ2) is 6.29. The molecule has 0 radical (unpaired) electrons. The highest BCUT2D eigenvalue weighted by molar-refractivity contribution is 7.17. The minimum atomic E-state index is -0.328. The predicted octanol–water partition coefficient (Wildman–Crippen LogP) is 2.47. The Morgan fingerprint density at radius 2 is 2.09 bits per heavy atom. The molecule has 1 aromatic carbocycles. The highest BCUT2D eigenvalue weighted by atomic mass is 32.1. The van der Waals surface area contributed by atoms with Gasteiger partial charge in [0.05, 0.1) is 22.3 Å². The van der Waals surface area contributed by atoms with Gasteiger partial charge in [0.25, 0.3) is 5.56 Å². The first-order valence-electron chi connectivity index (χ1n) is 7.03. The summed E-state index contributed by atoms with van der Waals surface area (Å²) >= 11 is 1.43. The summed E-state index contributed by atoms with van der Waals surface area (Å²) in [5, 5.41) is 9.16. The van der Waals surface area contributed by atoms with Crippen molar-refractivity contribution < 1.29 is 9.18 Å². The number of amides is 1. The molecule has 0 fully saturated rings. The van der Waals surface area contributed by atoms with E-state index in [2.05, 4.69) is 10.4 Å². The van der Waals surface area contributed by atoms with Crippen LogP contribution in [0.5, 0.6) is 0 Å². The zero-order chi connectivity index (χ0) is 16.4. The van der Waals surface area contributed by atoms with Gasteiger partial charge in [0.1, 0.15) is 12.4 Å². The van der Waals surface area contributed by atoms with E-state index in [9.17, 15) is 14.0 Å². The Labute approximate surface area is 135 Å². The number of fused-ring (bicyclic) bond motifs is 1. The first-order valence-corrected chi connectivity index (χ1v) is 7.91. The van der Waals surface area contributed by atoms with Gasteiger partial charge in [-0.25, -0.2) is 9.07 Å². The van der Waals surface area contributed by atoms with Crippen LogP contribution in [0, 0.1) is 5.82 Å². The Morgan fingerprint density at radius 1 is 1.35 bits per heavy atom. The standard InChI is InChI=1S/C16H14FN3O2S/c1-10(11-2-4-12(17)5-3-11)19-15(21)9-20-16(22)13-6-7-23-14(13)8-18-20/h2-8,10H,9H2,1H3,(H,19,21)/t10-/m0/s1. The first-order chi connectivity index (χ1) is 11.0. The van der Waals surface area contributed by atoms with E-state index in [0.717, 1.165) is 14.9 Å². The number of thiophene rings is 1. The molecule has 3 rings (SSSR count). The van der Waals surface area contributed by atoms with Gasteiger partial charge in [-0.3, -0.25) is 9.59 Å². The molecular formula is C16H14FN3O2S. The van der Waals surface area contributed by atoms with Gasteiger partial charge in [-0.15, -0.1) is 11.3 Å². The van der Waals surface area contributed by atoms with Crippen LogP contribution < -0.4 is 10.9 Å². The third kappa shape index (κ3) is 3.29. The van der Waals surface area contributed by atoms with Crippen molar-refractivity contribution in [3.8, 4) is 0 Å². The molecule has 0 spiro atoms.